The van der Waals surface area contributed by atoms with Crippen molar-refractivity contribution < 1.29 is 13.8 Å². The lowest BCUT2D eigenvalue weighted by Crippen LogP contribution is -2.47. The van der Waals surface area contributed by atoms with Gasteiger partial charge in [0.05, 0.1) is 6.10 Å². The average molecular weight is 289 g/mol. The van der Waals surface area contributed by atoms with Crippen molar-refractivity contribution in [2.75, 3.05) is 42.2 Å². The minimum Gasteiger partial charge on any atom is -0.368 e. The molecule has 2 rings (SSSR count). The normalized spacial score (nSPS) is 16.8. The molecular formula is C10H17F2N7O. The largest absolute Gasteiger partial charge is 0.368 e. The Hall–Kier alpha value is -1.81. The number of halogens is 2. The summed E-state index contributed by atoms with van der Waals surface area (Å²) < 4.78 is 25.0. The van der Waals surface area contributed by atoms with Crippen LogP contribution >= 0.6 is 0 Å². The molecule has 1 aliphatic heterocycles. The van der Waals surface area contributed by atoms with Crippen LogP contribution in [0.5, 0.6) is 0 Å². The number of piperazine rings is 1. The third kappa shape index (κ3) is 3.61. The lowest BCUT2D eigenvalue weighted by molar-refractivity contribution is -0.189. The number of hydrogen-bond donors (Lipinski definition) is 1. The molecule has 0 aliphatic carbocycles. The van der Waals surface area contributed by atoms with Gasteiger partial charge in [0.1, 0.15) is 0 Å². The number of hydroxylamine groups is 2. The lowest BCUT2D eigenvalue weighted by Gasteiger charge is -2.34. The Labute approximate surface area is 115 Å². The minimum atomic E-state index is -1.18. The van der Waals surface area contributed by atoms with Crippen LogP contribution in [0.3, 0.4) is 0 Å². The third-order valence-electron chi connectivity index (χ3n) is 2.66. The maximum atomic E-state index is 12.5. The van der Waals surface area contributed by atoms with Gasteiger partial charge in [0.2, 0.25) is 11.9 Å². The minimum absolute atomic E-state index is 0.104. The zero-order chi connectivity index (χ0) is 14.7. The summed E-state index contributed by atoms with van der Waals surface area (Å²) in [5, 5.41) is 0.656. The van der Waals surface area contributed by atoms with Crippen molar-refractivity contribution in [3.05, 3.63) is 0 Å². The molecule has 0 saturated carbocycles. The predicted molar refractivity (Wildman–Crippen MR) is 68.9 cm³/mol. The predicted octanol–water partition coefficient (Wildman–Crippen LogP) is 0.491. The molecule has 2 heterocycles. The SMILES string of the molecule is CC(C)ON1CCN(c2nc(N)nc(N(F)F)n2)CC1. The first-order valence-corrected chi connectivity index (χ1v) is 6.25. The van der Waals surface area contributed by atoms with Crippen molar-refractivity contribution in [1.82, 2.24) is 20.0 Å². The van der Waals surface area contributed by atoms with E-state index in [1.54, 1.807) is 4.90 Å². The molecule has 0 radical (unpaired) electrons. The number of nitrogen functional groups attached to an aromatic ring is 1. The molecule has 112 valence electrons. The molecule has 1 saturated heterocycles. The van der Waals surface area contributed by atoms with E-state index in [2.05, 4.69) is 15.0 Å². The van der Waals surface area contributed by atoms with E-state index in [4.69, 9.17) is 10.6 Å². The van der Waals surface area contributed by atoms with E-state index in [0.717, 1.165) is 0 Å². The monoisotopic (exact) mass is 289 g/mol. The van der Waals surface area contributed by atoms with Gasteiger partial charge in [0.25, 0.3) is 5.95 Å². The maximum Gasteiger partial charge on any atom is 0.294 e. The number of aromatic nitrogens is 3. The Morgan fingerprint density at radius 3 is 2.35 bits per heavy atom. The van der Waals surface area contributed by atoms with Crippen molar-refractivity contribution >= 4 is 17.8 Å². The number of nitrogens with zero attached hydrogens (tertiary/aromatic N) is 6. The molecular weight excluding hydrogens is 272 g/mol. The molecule has 1 aromatic heterocycles. The molecule has 0 unspecified atom stereocenters. The van der Waals surface area contributed by atoms with Crippen LogP contribution < -0.4 is 16.0 Å². The van der Waals surface area contributed by atoms with Crippen LogP contribution in [-0.2, 0) is 4.84 Å². The van der Waals surface area contributed by atoms with Gasteiger partial charge in [-0.15, -0.1) is 0 Å². The van der Waals surface area contributed by atoms with Gasteiger partial charge in [0.15, 0.2) is 0 Å². The summed E-state index contributed by atoms with van der Waals surface area (Å²) in [5.74, 6) is -0.837. The number of hydrogen-bond acceptors (Lipinski definition) is 8. The third-order valence-corrected chi connectivity index (χ3v) is 2.66. The summed E-state index contributed by atoms with van der Waals surface area (Å²) in [6, 6.07) is 0. The van der Waals surface area contributed by atoms with Crippen molar-refractivity contribution in [2.45, 2.75) is 20.0 Å². The van der Waals surface area contributed by atoms with Crippen LogP contribution in [0.2, 0.25) is 0 Å². The van der Waals surface area contributed by atoms with Crippen LogP contribution in [0.1, 0.15) is 13.8 Å². The molecule has 2 N–H and O–H groups in total. The zero-order valence-electron chi connectivity index (χ0n) is 11.3. The van der Waals surface area contributed by atoms with Gasteiger partial charge in [-0.3, -0.25) is 4.84 Å². The Bertz CT molecular complexity index is 451. The molecule has 8 nitrogen and oxygen atoms in total. The highest BCUT2D eigenvalue weighted by Crippen LogP contribution is 2.17. The van der Waals surface area contributed by atoms with Crippen molar-refractivity contribution in [2.24, 2.45) is 0 Å². The Balaban J connectivity index is 2.03. The second kappa shape index (κ2) is 6.09. The summed E-state index contributed by atoms with van der Waals surface area (Å²) in [6.07, 6.45) is 0.104. The Kier molecular flexibility index (Phi) is 4.45. The van der Waals surface area contributed by atoms with Crippen molar-refractivity contribution in [3.8, 4) is 0 Å². The van der Waals surface area contributed by atoms with Crippen molar-refractivity contribution in [1.29, 1.82) is 0 Å². The molecule has 1 aromatic rings. The standard InChI is InChI=1S/C10H17F2N7O/c1-7(2)20-18-5-3-17(4-6-18)9-14-8(13)15-10(16-9)19(11)12/h7H,3-6H2,1-2H3,(H2,13,14,15,16). The smallest absolute Gasteiger partial charge is 0.294 e. The zero-order valence-corrected chi connectivity index (χ0v) is 11.3. The summed E-state index contributed by atoms with van der Waals surface area (Å²) in [5.41, 5.74) is 5.41. The molecule has 20 heavy (non-hydrogen) atoms. The number of rotatable bonds is 4. The summed E-state index contributed by atoms with van der Waals surface area (Å²) >= 11 is 0. The van der Waals surface area contributed by atoms with Gasteiger partial charge in [-0.25, -0.2) is 0 Å². The van der Waals surface area contributed by atoms with Gasteiger partial charge in [-0.1, -0.05) is 8.96 Å². The summed E-state index contributed by atoms with van der Waals surface area (Å²) in [4.78, 5) is 18.3. The van der Waals surface area contributed by atoms with E-state index in [1.807, 2.05) is 18.9 Å². The quantitative estimate of drug-likeness (QED) is 0.802. The second-order valence-electron chi connectivity index (χ2n) is 4.60. The van der Waals surface area contributed by atoms with E-state index >= 15 is 0 Å². The van der Waals surface area contributed by atoms with Gasteiger partial charge in [0, 0.05) is 26.2 Å². The molecule has 0 aromatic carbocycles. The molecule has 1 fully saturated rings. The fourth-order valence-corrected chi connectivity index (χ4v) is 1.88. The molecule has 0 bridgehead atoms. The van der Waals surface area contributed by atoms with Gasteiger partial charge < -0.3 is 10.6 Å². The maximum absolute atomic E-state index is 12.5. The fourth-order valence-electron chi connectivity index (χ4n) is 1.88. The van der Waals surface area contributed by atoms with Crippen molar-refractivity contribution in [3.63, 3.8) is 0 Å². The van der Waals surface area contributed by atoms with Gasteiger partial charge >= 0.3 is 0 Å². The van der Waals surface area contributed by atoms with Gasteiger partial charge in [-0.05, 0) is 19.2 Å². The number of anilines is 3. The van der Waals surface area contributed by atoms with E-state index in [1.165, 1.54) is 0 Å². The summed E-state index contributed by atoms with van der Waals surface area (Å²) in [6.45, 7) is 6.29. The van der Waals surface area contributed by atoms with Crippen LogP contribution in [0.4, 0.5) is 26.8 Å². The first-order valence-electron chi connectivity index (χ1n) is 6.25. The van der Waals surface area contributed by atoms with Crippen LogP contribution in [0, 0.1) is 0 Å². The molecule has 1 aliphatic rings. The average Bonchev–Trinajstić information content (AvgIpc) is 2.38. The van der Waals surface area contributed by atoms with E-state index in [0.29, 0.717) is 26.2 Å². The first-order chi connectivity index (χ1) is 9.45. The fraction of sp³-hybridized carbons (Fsp3) is 0.700. The Morgan fingerprint density at radius 2 is 1.80 bits per heavy atom. The summed E-state index contributed by atoms with van der Waals surface area (Å²) in [7, 11) is 0. The van der Waals surface area contributed by atoms with Crippen LogP contribution in [0.25, 0.3) is 0 Å². The van der Waals surface area contributed by atoms with E-state index in [-0.39, 0.29) is 18.0 Å². The van der Waals surface area contributed by atoms with Crippen LogP contribution in [-0.4, -0.2) is 52.3 Å². The highest BCUT2D eigenvalue weighted by molar-refractivity contribution is 5.41. The van der Waals surface area contributed by atoms with E-state index < -0.39 is 11.3 Å². The molecule has 0 spiro atoms. The molecule has 0 atom stereocenters. The second-order valence-corrected chi connectivity index (χ2v) is 4.60. The highest BCUT2D eigenvalue weighted by atomic mass is 19.4. The lowest BCUT2D eigenvalue weighted by atomic mass is 10.4. The number of nitrogens with two attached hydrogens (primary N) is 1. The highest BCUT2D eigenvalue weighted by Gasteiger charge is 2.22. The molecule has 0 amide bonds. The van der Waals surface area contributed by atoms with Crippen LogP contribution in [0.15, 0.2) is 0 Å². The van der Waals surface area contributed by atoms with E-state index in [9.17, 15) is 8.96 Å². The van der Waals surface area contributed by atoms with Gasteiger partial charge in [-0.2, -0.15) is 20.0 Å². The Morgan fingerprint density at radius 1 is 1.15 bits per heavy atom. The first kappa shape index (κ1) is 14.6. The molecule has 10 heteroatoms. The topological polar surface area (TPSA) is 83.6 Å².